The molecule has 0 saturated heterocycles. The summed E-state index contributed by atoms with van der Waals surface area (Å²) in [4.78, 5) is 36.8. The van der Waals surface area contributed by atoms with Crippen LogP contribution < -0.4 is 0 Å². The number of rotatable bonds is 4. The summed E-state index contributed by atoms with van der Waals surface area (Å²) < 4.78 is 14.1. The van der Waals surface area contributed by atoms with Crippen molar-refractivity contribution >= 4 is 18.0 Å². The van der Waals surface area contributed by atoms with Gasteiger partial charge in [-0.05, 0) is 18.4 Å². The Hall–Kier alpha value is -2.05. The molecule has 7 nitrogen and oxygen atoms in total. The zero-order valence-corrected chi connectivity index (χ0v) is 12.8. The smallest absolute Gasteiger partial charge is 0.413 e. The van der Waals surface area contributed by atoms with Gasteiger partial charge in [0.2, 0.25) is 0 Å². The van der Waals surface area contributed by atoms with E-state index in [0.29, 0.717) is 19.4 Å². The van der Waals surface area contributed by atoms with Crippen molar-refractivity contribution in [2.45, 2.75) is 19.8 Å². The van der Waals surface area contributed by atoms with Crippen LogP contribution in [0.1, 0.15) is 19.8 Å². The number of ether oxygens (including phenoxy) is 3. The summed E-state index contributed by atoms with van der Waals surface area (Å²) in [5.74, 6) is -2.60. The molecule has 0 aromatic rings. The van der Waals surface area contributed by atoms with Crippen LogP contribution >= 0.6 is 0 Å². The molecule has 0 saturated carbocycles. The monoisotopic (exact) mass is 299 g/mol. The van der Waals surface area contributed by atoms with Crippen molar-refractivity contribution in [2.75, 3.05) is 27.9 Å². The van der Waals surface area contributed by atoms with Crippen LogP contribution in [-0.4, -0.2) is 50.8 Å². The minimum Gasteiger partial charge on any atom is -0.468 e. The average molecular weight is 299 g/mol. The topological polar surface area (TPSA) is 82.1 Å². The molecule has 7 heteroatoms. The maximum absolute atomic E-state index is 11.9. The third kappa shape index (κ3) is 3.74. The Morgan fingerprint density at radius 1 is 1.19 bits per heavy atom. The fourth-order valence-electron chi connectivity index (χ4n) is 2.50. The van der Waals surface area contributed by atoms with Crippen molar-refractivity contribution in [2.24, 2.45) is 11.8 Å². The molecule has 1 atom stereocenters. The van der Waals surface area contributed by atoms with Gasteiger partial charge < -0.3 is 14.2 Å². The molecule has 1 unspecified atom stereocenters. The number of carbonyl (C=O) groups is 3. The first kappa shape index (κ1) is 17.0. The highest BCUT2D eigenvalue weighted by Crippen LogP contribution is 2.32. The molecule has 21 heavy (non-hydrogen) atoms. The Balaban J connectivity index is 3.07. The molecule has 0 aliphatic carbocycles. The molecule has 0 N–H and O–H groups in total. The van der Waals surface area contributed by atoms with Crippen molar-refractivity contribution in [1.82, 2.24) is 4.90 Å². The minimum atomic E-state index is -1.01. The van der Waals surface area contributed by atoms with Gasteiger partial charge in [-0.2, -0.15) is 0 Å². The first-order valence-corrected chi connectivity index (χ1v) is 6.70. The second kappa shape index (κ2) is 7.66. The molecular weight excluding hydrogens is 278 g/mol. The summed E-state index contributed by atoms with van der Waals surface area (Å²) in [6, 6.07) is 0. The largest absolute Gasteiger partial charge is 0.468 e. The van der Waals surface area contributed by atoms with E-state index in [1.54, 1.807) is 6.20 Å². The highest BCUT2D eigenvalue weighted by atomic mass is 16.5. The Labute approximate surface area is 123 Å². The maximum atomic E-state index is 11.9. The molecule has 1 aliphatic heterocycles. The van der Waals surface area contributed by atoms with E-state index >= 15 is 0 Å². The van der Waals surface area contributed by atoms with Gasteiger partial charge in [0.1, 0.15) is 0 Å². The molecule has 0 spiro atoms. The van der Waals surface area contributed by atoms with Crippen LogP contribution in [0.5, 0.6) is 0 Å². The van der Waals surface area contributed by atoms with Crippen molar-refractivity contribution in [3.63, 3.8) is 0 Å². The van der Waals surface area contributed by atoms with Crippen LogP contribution in [0.15, 0.2) is 11.8 Å². The first-order valence-electron chi connectivity index (χ1n) is 6.70. The van der Waals surface area contributed by atoms with Gasteiger partial charge in [0.05, 0.1) is 21.3 Å². The highest BCUT2D eigenvalue weighted by molar-refractivity contribution is 5.95. The van der Waals surface area contributed by atoms with Crippen molar-refractivity contribution in [3.05, 3.63) is 11.8 Å². The number of methoxy groups -OCH3 is 3. The van der Waals surface area contributed by atoms with Crippen molar-refractivity contribution < 1.29 is 28.6 Å². The lowest BCUT2D eigenvalue weighted by Crippen LogP contribution is -2.40. The fraction of sp³-hybridized carbons (Fsp3) is 0.643. The summed E-state index contributed by atoms with van der Waals surface area (Å²) in [6.45, 7) is 2.26. The molecular formula is C14H21NO6. The van der Waals surface area contributed by atoms with Crippen LogP contribution in [0.25, 0.3) is 0 Å². The summed E-state index contributed by atoms with van der Waals surface area (Å²) in [5.41, 5.74) is 0.812. The molecule has 0 aromatic carbocycles. The maximum Gasteiger partial charge on any atom is 0.413 e. The zero-order chi connectivity index (χ0) is 16.0. The summed E-state index contributed by atoms with van der Waals surface area (Å²) in [5, 5.41) is 0. The van der Waals surface area contributed by atoms with Gasteiger partial charge in [0, 0.05) is 18.7 Å². The molecule has 1 amide bonds. The SMILES string of the molecule is CCC1=CN(C(=O)OC)CCC1C(C(=O)OC)C(=O)OC. The van der Waals surface area contributed by atoms with Crippen molar-refractivity contribution in [1.29, 1.82) is 0 Å². The van der Waals surface area contributed by atoms with Gasteiger partial charge in [-0.3, -0.25) is 14.5 Å². The van der Waals surface area contributed by atoms with Gasteiger partial charge in [0.25, 0.3) is 0 Å². The van der Waals surface area contributed by atoms with E-state index in [-0.39, 0.29) is 5.92 Å². The van der Waals surface area contributed by atoms with Gasteiger partial charge in [0.15, 0.2) is 5.92 Å². The molecule has 1 aliphatic rings. The van der Waals surface area contributed by atoms with E-state index in [4.69, 9.17) is 9.47 Å². The Morgan fingerprint density at radius 2 is 1.76 bits per heavy atom. The molecule has 0 aromatic heterocycles. The molecule has 0 fully saturated rings. The normalized spacial score (nSPS) is 18.0. The van der Waals surface area contributed by atoms with Crippen LogP contribution in [0, 0.1) is 11.8 Å². The third-order valence-corrected chi connectivity index (χ3v) is 3.61. The van der Waals surface area contributed by atoms with E-state index in [1.807, 2.05) is 6.92 Å². The van der Waals surface area contributed by atoms with Crippen LogP contribution in [0.4, 0.5) is 4.79 Å². The van der Waals surface area contributed by atoms with E-state index < -0.39 is 23.9 Å². The average Bonchev–Trinajstić information content (AvgIpc) is 2.53. The summed E-state index contributed by atoms with van der Waals surface area (Å²) in [7, 11) is 3.77. The molecule has 0 radical (unpaired) electrons. The summed E-state index contributed by atoms with van der Waals surface area (Å²) >= 11 is 0. The number of amides is 1. The predicted molar refractivity (Wildman–Crippen MR) is 73.1 cm³/mol. The molecule has 1 rings (SSSR count). The number of carbonyl (C=O) groups excluding carboxylic acids is 3. The molecule has 0 bridgehead atoms. The zero-order valence-electron chi connectivity index (χ0n) is 12.8. The van der Waals surface area contributed by atoms with E-state index in [2.05, 4.69) is 4.74 Å². The van der Waals surface area contributed by atoms with Crippen LogP contribution in [0.2, 0.25) is 0 Å². The quantitative estimate of drug-likeness (QED) is 0.442. The Bertz CT molecular complexity index is 429. The third-order valence-electron chi connectivity index (χ3n) is 3.61. The second-order valence-electron chi connectivity index (χ2n) is 4.64. The number of esters is 2. The van der Waals surface area contributed by atoms with Crippen LogP contribution in [-0.2, 0) is 23.8 Å². The minimum absolute atomic E-state index is 0.337. The Morgan fingerprint density at radius 3 is 2.19 bits per heavy atom. The molecule has 1 heterocycles. The fourth-order valence-corrected chi connectivity index (χ4v) is 2.50. The number of hydrogen-bond donors (Lipinski definition) is 0. The van der Waals surface area contributed by atoms with E-state index in [1.165, 1.54) is 26.2 Å². The lowest BCUT2D eigenvalue weighted by molar-refractivity contribution is -0.161. The van der Waals surface area contributed by atoms with E-state index in [9.17, 15) is 14.4 Å². The highest BCUT2D eigenvalue weighted by Gasteiger charge is 2.40. The lowest BCUT2D eigenvalue weighted by atomic mass is 9.80. The molecule has 118 valence electrons. The van der Waals surface area contributed by atoms with Crippen molar-refractivity contribution in [3.8, 4) is 0 Å². The predicted octanol–water partition coefficient (Wildman–Crippen LogP) is 1.33. The first-order chi connectivity index (χ1) is 9.99. The van der Waals surface area contributed by atoms with Gasteiger partial charge in [-0.25, -0.2) is 4.79 Å². The number of allylic oxidation sites excluding steroid dienone is 1. The Kier molecular flexibility index (Phi) is 6.20. The lowest BCUT2D eigenvalue weighted by Gasteiger charge is -2.32. The standard InChI is InChI=1S/C14H21NO6/c1-5-9-8-15(14(18)21-4)7-6-10(9)11(12(16)19-2)13(17)20-3/h8,10-11H,5-7H2,1-4H3. The van der Waals surface area contributed by atoms with Gasteiger partial charge in [-0.15, -0.1) is 0 Å². The van der Waals surface area contributed by atoms with E-state index in [0.717, 1.165) is 5.57 Å². The number of hydrogen-bond acceptors (Lipinski definition) is 6. The van der Waals surface area contributed by atoms with Gasteiger partial charge in [-0.1, -0.05) is 6.92 Å². The van der Waals surface area contributed by atoms with Crippen LogP contribution in [0.3, 0.4) is 0 Å². The number of nitrogens with zero attached hydrogens (tertiary/aromatic N) is 1. The van der Waals surface area contributed by atoms with Gasteiger partial charge >= 0.3 is 18.0 Å². The second-order valence-corrected chi connectivity index (χ2v) is 4.64. The summed E-state index contributed by atoms with van der Waals surface area (Å²) in [6.07, 6.45) is 2.23.